The van der Waals surface area contributed by atoms with Gasteiger partial charge in [-0.1, -0.05) is 61.5 Å². The minimum absolute atomic E-state index is 0.550. The molecule has 17 heavy (non-hydrogen) atoms. The average molecular weight is 237 g/mol. The van der Waals surface area contributed by atoms with Crippen molar-refractivity contribution in [1.29, 1.82) is 0 Å². The van der Waals surface area contributed by atoms with Crippen LogP contribution < -0.4 is 5.19 Å². The van der Waals surface area contributed by atoms with Gasteiger partial charge >= 0.3 is 0 Å². The number of benzene rings is 2. The summed E-state index contributed by atoms with van der Waals surface area (Å²) in [5.74, 6) is 0.550. The summed E-state index contributed by atoms with van der Waals surface area (Å²) in [7, 11) is 3.53. The van der Waals surface area contributed by atoms with Gasteiger partial charge in [0.15, 0.2) is 0 Å². The largest absolute Gasteiger partial charge is 0.0711 e. The average Bonchev–Trinajstić information content (AvgIpc) is 2.29. The van der Waals surface area contributed by atoms with Crippen molar-refractivity contribution in [2.24, 2.45) is 0 Å². The van der Waals surface area contributed by atoms with Gasteiger partial charge in [-0.25, -0.2) is 0 Å². The van der Waals surface area contributed by atoms with E-state index >= 15 is 0 Å². The molecule has 85 valence electrons. The van der Waals surface area contributed by atoms with Gasteiger partial charge in [-0.2, -0.15) is 0 Å². The zero-order valence-corrected chi connectivity index (χ0v) is 11.6. The van der Waals surface area contributed by atoms with Gasteiger partial charge < -0.3 is 0 Å². The van der Waals surface area contributed by atoms with Crippen molar-refractivity contribution in [3.63, 3.8) is 0 Å². The fraction of sp³-hybridized carbons (Fsp3) is 0.250. The third-order valence-electron chi connectivity index (χ3n) is 3.10. The quantitative estimate of drug-likeness (QED) is 0.700. The number of aryl methyl sites for hydroxylation is 1. The molecule has 0 aromatic heterocycles. The highest BCUT2D eigenvalue weighted by Gasteiger charge is 2.10. The molecule has 0 spiro atoms. The van der Waals surface area contributed by atoms with Gasteiger partial charge in [0.05, 0.1) is 10.2 Å². The van der Waals surface area contributed by atoms with E-state index in [0.717, 1.165) is 5.19 Å². The van der Waals surface area contributed by atoms with Crippen molar-refractivity contribution in [1.82, 2.24) is 0 Å². The number of hydrogen-bond donors (Lipinski definition) is 0. The Balaban J connectivity index is 2.59. The first-order valence-corrected chi connectivity index (χ1v) is 6.51. The predicted octanol–water partition coefficient (Wildman–Crippen LogP) is 3.58. The lowest BCUT2D eigenvalue weighted by Crippen LogP contribution is -2.01. The molecule has 0 amide bonds. The molecule has 2 aromatic carbocycles. The van der Waals surface area contributed by atoms with E-state index in [-0.39, 0.29) is 0 Å². The van der Waals surface area contributed by atoms with Crippen LogP contribution in [0.3, 0.4) is 0 Å². The first-order valence-electron chi connectivity index (χ1n) is 6.01. The van der Waals surface area contributed by atoms with Crippen molar-refractivity contribution in [3.05, 3.63) is 53.6 Å². The van der Waals surface area contributed by atoms with Gasteiger partial charge in [-0.05, 0) is 35.1 Å². The van der Waals surface area contributed by atoms with E-state index in [1.807, 2.05) is 0 Å². The lowest BCUT2D eigenvalue weighted by atomic mass is 9.89. The molecule has 1 heteroatoms. The standard InChI is InChI=1S/C16H17Si/c1-11(2)16-12(3)5-4-6-15(16)13-7-9-14(17)10-8-13/h4-11H,1-3H3. The van der Waals surface area contributed by atoms with Crippen LogP contribution in [0.25, 0.3) is 11.1 Å². The molecule has 0 fully saturated rings. The van der Waals surface area contributed by atoms with Gasteiger partial charge in [0.25, 0.3) is 0 Å². The molecule has 0 N–H and O–H groups in total. The highest BCUT2D eigenvalue weighted by atomic mass is 28.1. The topological polar surface area (TPSA) is 0 Å². The number of rotatable bonds is 2. The van der Waals surface area contributed by atoms with Gasteiger partial charge in [0.1, 0.15) is 0 Å². The zero-order valence-electron chi connectivity index (χ0n) is 10.6. The van der Waals surface area contributed by atoms with Gasteiger partial charge in [-0.3, -0.25) is 0 Å². The Bertz CT molecular complexity index is 510. The van der Waals surface area contributed by atoms with Crippen LogP contribution in [0.5, 0.6) is 0 Å². The molecule has 0 nitrogen and oxygen atoms in total. The van der Waals surface area contributed by atoms with Crippen LogP contribution in [0, 0.1) is 6.92 Å². The Labute approximate surface area is 107 Å². The lowest BCUT2D eigenvalue weighted by Gasteiger charge is -2.16. The monoisotopic (exact) mass is 237 g/mol. The summed E-state index contributed by atoms with van der Waals surface area (Å²) in [5.41, 5.74) is 5.47. The zero-order chi connectivity index (χ0) is 12.4. The van der Waals surface area contributed by atoms with Crippen molar-refractivity contribution in [3.8, 4) is 11.1 Å². The Hall–Kier alpha value is -1.34. The summed E-state index contributed by atoms with van der Waals surface area (Å²) >= 11 is 0. The fourth-order valence-corrected chi connectivity index (χ4v) is 2.52. The summed E-state index contributed by atoms with van der Waals surface area (Å²) in [6.45, 7) is 6.70. The van der Waals surface area contributed by atoms with Crippen LogP contribution in [0.4, 0.5) is 0 Å². The molecule has 0 unspecified atom stereocenters. The van der Waals surface area contributed by atoms with Crippen LogP contribution in [-0.4, -0.2) is 10.2 Å². The van der Waals surface area contributed by atoms with E-state index in [9.17, 15) is 0 Å². The smallest absolute Gasteiger partial charge is 0.0673 e. The third-order valence-corrected chi connectivity index (χ3v) is 3.43. The second-order valence-corrected chi connectivity index (χ2v) is 5.35. The minimum Gasteiger partial charge on any atom is -0.0673 e. The van der Waals surface area contributed by atoms with Crippen molar-refractivity contribution < 1.29 is 0 Å². The van der Waals surface area contributed by atoms with E-state index in [1.54, 1.807) is 0 Å². The van der Waals surface area contributed by atoms with Crippen LogP contribution in [0.1, 0.15) is 30.9 Å². The van der Waals surface area contributed by atoms with Gasteiger partial charge in [0.2, 0.25) is 0 Å². The van der Waals surface area contributed by atoms with Crippen LogP contribution in [-0.2, 0) is 0 Å². The summed E-state index contributed by atoms with van der Waals surface area (Å²) in [6.07, 6.45) is 0. The summed E-state index contributed by atoms with van der Waals surface area (Å²) in [4.78, 5) is 0. The highest BCUT2D eigenvalue weighted by Crippen LogP contribution is 2.31. The summed E-state index contributed by atoms with van der Waals surface area (Å²) < 4.78 is 0. The normalized spacial score (nSPS) is 10.9. The van der Waals surface area contributed by atoms with Crippen molar-refractivity contribution in [2.75, 3.05) is 0 Å². The highest BCUT2D eigenvalue weighted by molar-refractivity contribution is 6.32. The van der Waals surface area contributed by atoms with Gasteiger partial charge in [0, 0.05) is 0 Å². The Morgan fingerprint density at radius 3 is 2.18 bits per heavy atom. The van der Waals surface area contributed by atoms with E-state index in [1.165, 1.54) is 22.3 Å². The molecular weight excluding hydrogens is 220 g/mol. The van der Waals surface area contributed by atoms with E-state index in [2.05, 4.69) is 73.5 Å². The Kier molecular flexibility index (Phi) is 3.48. The fourth-order valence-electron chi connectivity index (χ4n) is 2.35. The van der Waals surface area contributed by atoms with Crippen LogP contribution in [0.15, 0.2) is 42.5 Å². The molecule has 0 aliphatic carbocycles. The molecule has 2 aromatic rings. The van der Waals surface area contributed by atoms with Crippen molar-refractivity contribution >= 4 is 15.4 Å². The number of hydrogen-bond acceptors (Lipinski definition) is 0. The SMILES string of the molecule is Cc1cccc(-c2ccc([Si])cc2)c1C(C)C. The second kappa shape index (κ2) is 4.88. The molecule has 0 atom stereocenters. The van der Waals surface area contributed by atoms with Crippen LogP contribution >= 0.6 is 0 Å². The summed E-state index contributed by atoms with van der Waals surface area (Å²) in [6, 6.07) is 15.1. The first kappa shape index (κ1) is 12.1. The summed E-state index contributed by atoms with van der Waals surface area (Å²) in [5, 5.41) is 1.12. The molecule has 2 rings (SSSR count). The third kappa shape index (κ3) is 2.50. The Morgan fingerprint density at radius 2 is 1.59 bits per heavy atom. The molecule has 0 aliphatic heterocycles. The molecular formula is C16H17Si. The molecule has 0 saturated heterocycles. The van der Waals surface area contributed by atoms with Crippen LogP contribution in [0.2, 0.25) is 0 Å². The predicted molar refractivity (Wildman–Crippen MR) is 76.1 cm³/mol. The molecule has 0 heterocycles. The second-order valence-electron chi connectivity index (χ2n) is 4.77. The van der Waals surface area contributed by atoms with E-state index in [0.29, 0.717) is 5.92 Å². The van der Waals surface area contributed by atoms with E-state index < -0.39 is 0 Å². The maximum Gasteiger partial charge on any atom is 0.0711 e. The molecule has 0 aliphatic rings. The van der Waals surface area contributed by atoms with Crippen molar-refractivity contribution in [2.45, 2.75) is 26.7 Å². The maximum absolute atomic E-state index is 3.53. The molecule has 0 bridgehead atoms. The van der Waals surface area contributed by atoms with Gasteiger partial charge in [-0.15, -0.1) is 0 Å². The van der Waals surface area contributed by atoms with E-state index in [4.69, 9.17) is 0 Å². The lowest BCUT2D eigenvalue weighted by molar-refractivity contribution is 0.859. The maximum atomic E-state index is 3.53. The Morgan fingerprint density at radius 1 is 0.941 bits per heavy atom. The molecule has 0 saturated carbocycles. The first-order chi connectivity index (χ1) is 8.09. The minimum atomic E-state index is 0.550. The molecule has 3 radical (unpaired) electrons.